The van der Waals surface area contributed by atoms with Gasteiger partial charge in [0.1, 0.15) is 5.82 Å². The Bertz CT molecular complexity index is 572. The molecule has 2 aromatic rings. The van der Waals surface area contributed by atoms with Crippen LogP contribution in [0, 0.1) is 19.7 Å². The van der Waals surface area contributed by atoms with Crippen molar-refractivity contribution in [3.05, 3.63) is 58.4 Å². The Kier molecular flexibility index (Phi) is 4.15. The smallest absolute Gasteiger partial charge is 0.138 e. The number of anilines is 1. The molecule has 0 unspecified atom stereocenters. The Morgan fingerprint density at radius 1 is 1.17 bits per heavy atom. The molecule has 18 heavy (non-hydrogen) atoms. The zero-order chi connectivity index (χ0) is 13.1. The van der Waals surface area contributed by atoms with Crippen LogP contribution in [-0.4, -0.2) is 0 Å². The summed E-state index contributed by atoms with van der Waals surface area (Å²) in [6.45, 7) is 3.79. The van der Waals surface area contributed by atoms with Gasteiger partial charge < -0.3 is 4.72 Å². The first-order valence-corrected chi connectivity index (χ1v) is 6.71. The molecule has 2 rings (SSSR count). The molecule has 0 saturated carbocycles. The van der Waals surface area contributed by atoms with Crippen LogP contribution in [-0.2, 0) is 0 Å². The van der Waals surface area contributed by atoms with E-state index in [-0.39, 0.29) is 5.82 Å². The first kappa shape index (κ1) is 13.2. The molecule has 0 bridgehead atoms. The summed E-state index contributed by atoms with van der Waals surface area (Å²) in [5, 5.41) is 0.699. The number of hydrogen-bond donors (Lipinski definition) is 1. The van der Waals surface area contributed by atoms with E-state index in [0.29, 0.717) is 9.92 Å². The maximum atomic E-state index is 13.6. The van der Waals surface area contributed by atoms with Gasteiger partial charge in [-0.25, -0.2) is 4.39 Å². The summed E-state index contributed by atoms with van der Waals surface area (Å²) in [5.74, 6) is -0.216. The monoisotopic (exact) mass is 281 g/mol. The number of benzene rings is 2. The molecular formula is C14H13ClFNS. The van der Waals surface area contributed by atoms with Crippen LogP contribution in [0.15, 0.2) is 41.3 Å². The lowest BCUT2D eigenvalue weighted by Gasteiger charge is -2.10. The molecule has 0 radical (unpaired) electrons. The third kappa shape index (κ3) is 2.98. The van der Waals surface area contributed by atoms with Crippen LogP contribution in [0.2, 0.25) is 5.02 Å². The lowest BCUT2D eigenvalue weighted by molar-refractivity contribution is 0.601. The van der Waals surface area contributed by atoms with E-state index in [0.717, 1.165) is 16.8 Å². The van der Waals surface area contributed by atoms with Crippen LogP contribution in [0.3, 0.4) is 0 Å². The van der Waals surface area contributed by atoms with E-state index in [4.69, 9.17) is 11.6 Å². The predicted molar refractivity (Wildman–Crippen MR) is 76.8 cm³/mol. The highest BCUT2D eigenvalue weighted by atomic mass is 35.5. The minimum Gasteiger partial charge on any atom is -0.325 e. The molecular weight excluding hydrogens is 269 g/mol. The van der Waals surface area contributed by atoms with Crippen molar-refractivity contribution >= 4 is 29.2 Å². The highest BCUT2D eigenvalue weighted by Crippen LogP contribution is 2.29. The molecule has 2 aromatic carbocycles. The maximum absolute atomic E-state index is 13.6. The Hall–Kier alpha value is -1.19. The van der Waals surface area contributed by atoms with Crippen molar-refractivity contribution in [1.29, 1.82) is 0 Å². The van der Waals surface area contributed by atoms with Crippen molar-refractivity contribution in [2.45, 2.75) is 18.7 Å². The number of nitrogens with one attached hydrogen (secondary N) is 1. The van der Waals surface area contributed by atoms with Crippen LogP contribution in [0.25, 0.3) is 0 Å². The Balaban J connectivity index is 2.14. The second kappa shape index (κ2) is 5.63. The summed E-state index contributed by atoms with van der Waals surface area (Å²) in [4.78, 5) is 0.569. The number of aryl methyl sites for hydroxylation is 1. The van der Waals surface area contributed by atoms with Crippen molar-refractivity contribution in [2.24, 2.45) is 0 Å². The molecule has 1 nitrogen and oxygen atoms in total. The zero-order valence-corrected chi connectivity index (χ0v) is 11.7. The van der Waals surface area contributed by atoms with Gasteiger partial charge in [-0.05, 0) is 61.2 Å². The van der Waals surface area contributed by atoms with Gasteiger partial charge in [-0.15, -0.1) is 0 Å². The molecule has 4 heteroatoms. The standard InChI is InChI=1S/C14H13ClFNS/c1-9-6-7-14(12(16)8-9)18-17-13-5-3-4-11(15)10(13)2/h3-8,17H,1-2H3. The van der Waals surface area contributed by atoms with Crippen molar-refractivity contribution in [2.75, 3.05) is 4.72 Å². The van der Waals surface area contributed by atoms with Crippen LogP contribution in [0.5, 0.6) is 0 Å². The third-order valence-electron chi connectivity index (χ3n) is 2.63. The van der Waals surface area contributed by atoms with Gasteiger partial charge in [0.2, 0.25) is 0 Å². The van der Waals surface area contributed by atoms with Gasteiger partial charge in [0, 0.05) is 10.7 Å². The van der Waals surface area contributed by atoms with Crippen LogP contribution >= 0.6 is 23.5 Å². The second-order valence-corrected chi connectivity index (χ2v) is 5.31. The lowest BCUT2D eigenvalue weighted by Crippen LogP contribution is -1.92. The van der Waals surface area contributed by atoms with E-state index in [9.17, 15) is 4.39 Å². The molecule has 0 amide bonds. The SMILES string of the molecule is Cc1ccc(SNc2cccc(Cl)c2C)c(F)c1. The summed E-state index contributed by atoms with van der Waals surface area (Å²) in [7, 11) is 0. The molecule has 0 saturated heterocycles. The summed E-state index contributed by atoms with van der Waals surface area (Å²) < 4.78 is 16.8. The van der Waals surface area contributed by atoms with Gasteiger partial charge in [0.25, 0.3) is 0 Å². The Labute approximate surface area is 115 Å². The molecule has 0 aliphatic rings. The van der Waals surface area contributed by atoms with E-state index < -0.39 is 0 Å². The fourth-order valence-corrected chi connectivity index (χ4v) is 2.42. The fourth-order valence-electron chi connectivity index (χ4n) is 1.52. The number of rotatable bonds is 3. The van der Waals surface area contributed by atoms with Crippen LogP contribution in [0.4, 0.5) is 10.1 Å². The highest BCUT2D eigenvalue weighted by Gasteiger charge is 2.05. The summed E-state index contributed by atoms with van der Waals surface area (Å²) in [6.07, 6.45) is 0. The van der Waals surface area contributed by atoms with Gasteiger partial charge in [0.05, 0.1) is 4.90 Å². The Morgan fingerprint density at radius 3 is 2.67 bits per heavy atom. The molecule has 94 valence electrons. The van der Waals surface area contributed by atoms with Crippen molar-refractivity contribution in [1.82, 2.24) is 0 Å². The molecule has 0 heterocycles. The first-order valence-electron chi connectivity index (χ1n) is 5.52. The van der Waals surface area contributed by atoms with Crippen molar-refractivity contribution in [3.63, 3.8) is 0 Å². The zero-order valence-electron chi connectivity index (χ0n) is 10.1. The van der Waals surface area contributed by atoms with Gasteiger partial charge in [0.15, 0.2) is 0 Å². The fraction of sp³-hybridized carbons (Fsp3) is 0.143. The maximum Gasteiger partial charge on any atom is 0.138 e. The summed E-state index contributed by atoms with van der Waals surface area (Å²) >= 11 is 7.27. The molecule has 0 spiro atoms. The first-order chi connectivity index (χ1) is 8.58. The number of halogens is 2. The van der Waals surface area contributed by atoms with Gasteiger partial charge in [-0.1, -0.05) is 23.7 Å². The summed E-state index contributed by atoms with van der Waals surface area (Å²) in [6, 6.07) is 10.8. The molecule has 0 fully saturated rings. The number of hydrogen-bond acceptors (Lipinski definition) is 2. The van der Waals surface area contributed by atoms with E-state index in [1.54, 1.807) is 6.07 Å². The molecule has 0 aromatic heterocycles. The Morgan fingerprint density at radius 2 is 1.94 bits per heavy atom. The van der Waals surface area contributed by atoms with E-state index in [1.807, 2.05) is 38.1 Å². The van der Waals surface area contributed by atoms with Gasteiger partial charge in [-0.2, -0.15) is 0 Å². The highest BCUT2D eigenvalue weighted by molar-refractivity contribution is 8.00. The molecule has 1 N–H and O–H groups in total. The second-order valence-electron chi connectivity index (χ2n) is 4.05. The van der Waals surface area contributed by atoms with Gasteiger partial charge >= 0.3 is 0 Å². The van der Waals surface area contributed by atoms with Crippen molar-refractivity contribution < 1.29 is 4.39 Å². The van der Waals surface area contributed by atoms with Crippen molar-refractivity contribution in [3.8, 4) is 0 Å². The normalized spacial score (nSPS) is 10.4. The average molecular weight is 282 g/mol. The summed E-state index contributed by atoms with van der Waals surface area (Å²) in [5.41, 5.74) is 2.77. The topological polar surface area (TPSA) is 12.0 Å². The van der Waals surface area contributed by atoms with E-state index in [2.05, 4.69) is 4.72 Å². The van der Waals surface area contributed by atoms with E-state index >= 15 is 0 Å². The third-order valence-corrected chi connectivity index (χ3v) is 3.91. The minimum atomic E-state index is -0.216. The van der Waals surface area contributed by atoms with Crippen LogP contribution in [0.1, 0.15) is 11.1 Å². The minimum absolute atomic E-state index is 0.216. The lowest BCUT2D eigenvalue weighted by atomic mass is 10.2. The molecule has 0 aliphatic heterocycles. The van der Waals surface area contributed by atoms with Crippen LogP contribution < -0.4 is 4.72 Å². The molecule has 0 atom stereocenters. The van der Waals surface area contributed by atoms with Gasteiger partial charge in [-0.3, -0.25) is 0 Å². The van der Waals surface area contributed by atoms with E-state index in [1.165, 1.54) is 18.0 Å². The quantitative estimate of drug-likeness (QED) is 0.775. The largest absolute Gasteiger partial charge is 0.325 e. The molecule has 0 aliphatic carbocycles. The average Bonchev–Trinajstić information content (AvgIpc) is 2.33. The predicted octanol–water partition coefficient (Wildman–Crippen LogP) is 5.22.